The second-order valence-electron chi connectivity index (χ2n) is 6.60. The van der Waals surface area contributed by atoms with E-state index in [-0.39, 0.29) is 23.8 Å². The van der Waals surface area contributed by atoms with Gasteiger partial charge in [-0.05, 0) is 37.8 Å². The smallest absolute Gasteiger partial charge is 0.263 e. The summed E-state index contributed by atoms with van der Waals surface area (Å²) in [6.07, 6.45) is 6.39. The minimum Gasteiger partial charge on any atom is -0.375 e. The van der Waals surface area contributed by atoms with Gasteiger partial charge in [0.1, 0.15) is 4.88 Å². The third-order valence-electron chi connectivity index (χ3n) is 4.66. The predicted octanol–water partition coefficient (Wildman–Crippen LogP) is 2.07. The zero-order valence-corrected chi connectivity index (χ0v) is 15.5. The molecule has 7 nitrogen and oxygen atoms in total. The number of hydrogen-bond acceptors (Lipinski definition) is 6. The molecule has 0 unspecified atom stereocenters. The van der Waals surface area contributed by atoms with Crippen LogP contribution in [0.4, 0.5) is 5.13 Å². The molecule has 0 bridgehead atoms. The fourth-order valence-corrected chi connectivity index (χ4v) is 3.85. The Balaban J connectivity index is 1.47. The van der Waals surface area contributed by atoms with Gasteiger partial charge in [-0.3, -0.25) is 14.6 Å². The standard InChI is InChI=1S/C18H23N5O2S/c1-23(11-14-4-2-3-9-20-14)17(25)12-5-7-13(8-6-12)22-16(24)15-10-21-18(19)26-15/h2-4,9-10,12-13H,5-8,11H2,1H3,(H2,19,21)(H,22,24). The number of amides is 2. The molecule has 138 valence electrons. The average molecular weight is 373 g/mol. The number of nitrogens with one attached hydrogen (secondary N) is 1. The number of hydrogen-bond donors (Lipinski definition) is 2. The van der Waals surface area contributed by atoms with E-state index in [1.165, 1.54) is 17.5 Å². The highest BCUT2D eigenvalue weighted by molar-refractivity contribution is 7.17. The SMILES string of the molecule is CN(Cc1ccccn1)C(=O)C1CCC(NC(=O)c2cnc(N)s2)CC1. The second-order valence-corrected chi connectivity index (χ2v) is 7.66. The highest BCUT2D eigenvalue weighted by Crippen LogP contribution is 2.26. The van der Waals surface area contributed by atoms with Gasteiger partial charge < -0.3 is 16.0 Å². The Morgan fingerprint density at radius 2 is 2.04 bits per heavy atom. The third-order valence-corrected chi connectivity index (χ3v) is 5.49. The van der Waals surface area contributed by atoms with Crippen molar-refractivity contribution in [2.75, 3.05) is 12.8 Å². The summed E-state index contributed by atoms with van der Waals surface area (Å²) in [5.74, 6) is 0.0211. The number of carbonyl (C=O) groups excluding carboxylic acids is 2. The molecule has 3 rings (SSSR count). The zero-order valence-electron chi connectivity index (χ0n) is 14.7. The molecule has 0 radical (unpaired) electrons. The molecule has 0 atom stereocenters. The van der Waals surface area contributed by atoms with Crippen molar-refractivity contribution in [2.24, 2.45) is 5.92 Å². The topological polar surface area (TPSA) is 101 Å². The van der Waals surface area contributed by atoms with E-state index in [1.807, 2.05) is 25.2 Å². The monoisotopic (exact) mass is 373 g/mol. The number of rotatable bonds is 5. The van der Waals surface area contributed by atoms with E-state index in [1.54, 1.807) is 11.1 Å². The van der Waals surface area contributed by atoms with Crippen molar-refractivity contribution in [3.05, 3.63) is 41.2 Å². The second kappa shape index (κ2) is 8.27. The van der Waals surface area contributed by atoms with Crippen LogP contribution < -0.4 is 11.1 Å². The molecule has 1 fully saturated rings. The summed E-state index contributed by atoms with van der Waals surface area (Å²) in [7, 11) is 1.82. The van der Waals surface area contributed by atoms with Crippen molar-refractivity contribution >= 4 is 28.3 Å². The fraction of sp³-hybridized carbons (Fsp3) is 0.444. The molecule has 0 saturated heterocycles. The van der Waals surface area contributed by atoms with Crippen molar-refractivity contribution < 1.29 is 9.59 Å². The first-order valence-electron chi connectivity index (χ1n) is 8.70. The number of nitrogen functional groups attached to an aromatic ring is 1. The number of aromatic nitrogens is 2. The van der Waals surface area contributed by atoms with Gasteiger partial charge in [0.05, 0.1) is 18.4 Å². The Bertz CT molecular complexity index is 756. The van der Waals surface area contributed by atoms with E-state index in [2.05, 4.69) is 15.3 Å². The van der Waals surface area contributed by atoms with E-state index in [0.29, 0.717) is 16.6 Å². The van der Waals surface area contributed by atoms with Gasteiger partial charge in [-0.1, -0.05) is 17.4 Å². The lowest BCUT2D eigenvalue weighted by Crippen LogP contribution is -2.41. The van der Waals surface area contributed by atoms with Crippen molar-refractivity contribution in [1.29, 1.82) is 0 Å². The molecule has 2 amide bonds. The molecule has 2 aromatic rings. The largest absolute Gasteiger partial charge is 0.375 e. The first-order chi connectivity index (χ1) is 12.5. The summed E-state index contributed by atoms with van der Waals surface area (Å²) in [5.41, 5.74) is 6.45. The van der Waals surface area contributed by atoms with Crippen molar-refractivity contribution in [1.82, 2.24) is 20.2 Å². The molecule has 2 aromatic heterocycles. The summed E-state index contributed by atoms with van der Waals surface area (Å²) >= 11 is 1.18. The van der Waals surface area contributed by atoms with Crippen LogP contribution in [0.15, 0.2) is 30.6 Å². The molecule has 0 aliphatic heterocycles. The van der Waals surface area contributed by atoms with Crippen molar-refractivity contribution in [3.63, 3.8) is 0 Å². The minimum absolute atomic E-state index is 0.0101. The number of anilines is 1. The van der Waals surface area contributed by atoms with E-state index in [0.717, 1.165) is 31.4 Å². The molecule has 1 saturated carbocycles. The summed E-state index contributed by atoms with van der Waals surface area (Å²) in [4.78, 5) is 35.3. The van der Waals surface area contributed by atoms with Gasteiger partial charge in [-0.2, -0.15) is 0 Å². The van der Waals surface area contributed by atoms with Gasteiger partial charge >= 0.3 is 0 Å². The van der Waals surface area contributed by atoms with Crippen LogP contribution in [-0.2, 0) is 11.3 Å². The van der Waals surface area contributed by atoms with Gasteiger partial charge in [0.15, 0.2) is 5.13 Å². The van der Waals surface area contributed by atoms with E-state index in [4.69, 9.17) is 5.73 Å². The lowest BCUT2D eigenvalue weighted by atomic mass is 9.85. The van der Waals surface area contributed by atoms with Crippen molar-refractivity contribution in [2.45, 2.75) is 38.3 Å². The van der Waals surface area contributed by atoms with E-state index >= 15 is 0 Å². The number of pyridine rings is 1. The minimum atomic E-state index is -0.138. The summed E-state index contributed by atoms with van der Waals surface area (Å²) in [6.45, 7) is 0.517. The number of nitrogens with zero attached hydrogens (tertiary/aromatic N) is 3. The zero-order chi connectivity index (χ0) is 18.5. The Morgan fingerprint density at radius 1 is 1.27 bits per heavy atom. The maximum atomic E-state index is 12.6. The molecule has 2 heterocycles. The molecule has 8 heteroatoms. The van der Waals surface area contributed by atoms with Gasteiger partial charge in [0, 0.05) is 25.2 Å². The van der Waals surface area contributed by atoms with E-state index < -0.39 is 0 Å². The van der Waals surface area contributed by atoms with Gasteiger partial charge in [-0.15, -0.1) is 0 Å². The lowest BCUT2D eigenvalue weighted by molar-refractivity contribution is -0.135. The van der Waals surface area contributed by atoms with Crippen LogP contribution in [0, 0.1) is 5.92 Å². The van der Waals surface area contributed by atoms with Crippen molar-refractivity contribution in [3.8, 4) is 0 Å². The molecular formula is C18H23N5O2S. The number of thiazole rings is 1. The molecule has 0 spiro atoms. The van der Waals surface area contributed by atoms with Crippen LogP contribution in [0.5, 0.6) is 0 Å². The molecular weight excluding hydrogens is 350 g/mol. The van der Waals surface area contributed by atoms with Crippen LogP contribution in [0.2, 0.25) is 0 Å². The maximum absolute atomic E-state index is 12.6. The van der Waals surface area contributed by atoms with Crippen LogP contribution in [0.3, 0.4) is 0 Å². The normalized spacial score (nSPS) is 19.7. The Labute approximate surface area is 156 Å². The fourth-order valence-electron chi connectivity index (χ4n) is 3.26. The first-order valence-corrected chi connectivity index (χ1v) is 9.51. The van der Waals surface area contributed by atoms with E-state index in [9.17, 15) is 9.59 Å². The average Bonchev–Trinajstić information content (AvgIpc) is 3.09. The maximum Gasteiger partial charge on any atom is 0.263 e. The van der Waals surface area contributed by atoms with Crippen LogP contribution in [0.1, 0.15) is 41.0 Å². The van der Waals surface area contributed by atoms with Gasteiger partial charge in [-0.25, -0.2) is 4.98 Å². The third kappa shape index (κ3) is 4.57. The van der Waals surface area contributed by atoms with Crippen LogP contribution in [0.25, 0.3) is 0 Å². The highest BCUT2D eigenvalue weighted by Gasteiger charge is 2.29. The summed E-state index contributed by atoms with van der Waals surface area (Å²) < 4.78 is 0. The Kier molecular flexibility index (Phi) is 5.82. The lowest BCUT2D eigenvalue weighted by Gasteiger charge is -2.30. The molecule has 26 heavy (non-hydrogen) atoms. The number of nitrogens with two attached hydrogens (primary N) is 1. The first kappa shape index (κ1) is 18.3. The Hall–Kier alpha value is -2.48. The molecule has 1 aliphatic rings. The predicted molar refractivity (Wildman–Crippen MR) is 100 cm³/mol. The quantitative estimate of drug-likeness (QED) is 0.835. The summed E-state index contributed by atoms with van der Waals surface area (Å²) in [6, 6.07) is 5.80. The van der Waals surface area contributed by atoms with Crippen LogP contribution >= 0.6 is 11.3 Å². The van der Waals surface area contributed by atoms with Gasteiger partial charge in [0.25, 0.3) is 5.91 Å². The summed E-state index contributed by atoms with van der Waals surface area (Å²) in [5, 5.41) is 3.41. The highest BCUT2D eigenvalue weighted by atomic mass is 32.1. The molecule has 3 N–H and O–H groups in total. The Morgan fingerprint density at radius 3 is 2.65 bits per heavy atom. The number of carbonyl (C=O) groups is 2. The van der Waals surface area contributed by atoms with Gasteiger partial charge in [0.2, 0.25) is 5.91 Å². The van der Waals surface area contributed by atoms with Crippen LogP contribution in [-0.4, -0.2) is 39.8 Å². The molecule has 1 aliphatic carbocycles. The molecule has 0 aromatic carbocycles.